The van der Waals surface area contributed by atoms with Crippen molar-refractivity contribution in [2.45, 2.75) is 13.0 Å². The molecule has 2 aliphatic rings. The lowest BCUT2D eigenvalue weighted by Gasteiger charge is -2.26. The highest BCUT2D eigenvalue weighted by atomic mass is 19.1. The minimum Gasteiger partial charge on any atom is -0.465 e. The van der Waals surface area contributed by atoms with Crippen molar-refractivity contribution in [3.05, 3.63) is 58.8 Å². The van der Waals surface area contributed by atoms with Crippen molar-refractivity contribution in [2.75, 3.05) is 40.0 Å². The zero-order chi connectivity index (χ0) is 21.4. The maximum absolute atomic E-state index is 14.1. The van der Waals surface area contributed by atoms with E-state index in [1.165, 1.54) is 19.2 Å². The Kier molecular flexibility index (Phi) is 5.25. The molecule has 1 aliphatic carbocycles. The highest BCUT2D eigenvalue weighted by molar-refractivity contribution is 6.01. The van der Waals surface area contributed by atoms with Crippen molar-refractivity contribution < 1.29 is 18.7 Å². The van der Waals surface area contributed by atoms with Gasteiger partial charge in [-0.15, -0.1) is 0 Å². The Labute approximate surface area is 179 Å². The van der Waals surface area contributed by atoms with Gasteiger partial charge in [0, 0.05) is 37.6 Å². The molecule has 0 spiro atoms. The second-order valence-electron chi connectivity index (χ2n) is 7.75. The standard InChI is InChI=1S/C23H23FN4O3/c1-30-23(29)17-4-5-25-20-13-15(12-18(17)20)22-19-14-16(24)2-3-21(19)28(26-22)7-6-27-8-10-31-11-9-27/h2-5,13-14H,6-12H2,1H3. The molecule has 1 aromatic carbocycles. The van der Waals surface area contributed by atoms with Crippen molar-refractivity contribution >= 4 is 28.5 Å². The number of benzene rings is 1. The Hall–Kier alpha value is -3.10. The zero-order valence-electron chi connectivity index (χ0n) is 17.3. The lowest BCUT2D eigenvalue weighted by atomic mass is 10.0. The number of allylic oxidation sites excluding steroid dienone is 1. The van der Waals surface area contributed by atoms with Crippen molar-refractivity contribution in [1.82, 2.24) is 19.7 Å². The Bertz CT molecular complexity index is 1180. The van der Waals surface area contributed by atoms with Crippen LogP contribution in [0.1, 0.15) is 27.3 Å². The first-order valence-corrected chi connectivity index (χ1v) is 10.4. The molecular weight excluding hydrogens is 399 g/mol. The summed E-state index contributed by atoms with van der Waals surface area (Å²) in [5, 5.41) is 5.62. The van der Waals surface area contributed by atoms with Crippen LogP contribution in [0, 0.1) is 5.82 Å². The first-order chi connectivity index (χ1) is 15.1. The van der Waals surface area contributed by atoms with E-state index in [2.05, 4.69) is 9.88 Å². The van der Waals surface area contributed by atoms with E-state index in [9.17, 15) is 9.18 Å². The number of aromatic nitrogens is 3. The van der Waals surface area contributed by atoms with Crippen molar-refractivity contribution in [2.24, 2.45) is 0 Å². The van der Waals surface area contributed by atoms with Crippen molar-refractivity contribution in [3.8, 4) is 0 Å². The molecule has 0 unspecified atom stereocenters. The molecule has 0 amide bonds. The summed E-state index contributed by atoms with van der Waals surface area (Å²) in [6, 6.07) is 6.44. The first kappa shape index (κ1) is 19.8. The van der Waals surface area contributed by atoms with Gasteiger partial charge in [-0.05, 0) is 41.5 Å². The third-order valence-corrected chi connectivity index (χ3v) is 5.92. The number of nitrogens with zero attached hydrogens (tertiary/aromatic N) is 4. The van der Waals surface area contributed by atoms with E-state index in [0.717, 1.165) is 66.3 Å². The van der Waals surface area contributed by atoms with Gasteiger partial charge in [0.05, 0.1) is 49.3 Å². The van der Waals surface area contributed by atoms with E-state index in [1.54, 1.807) is 18.3 Å². The molecule has 0 radical (unpaired) electrons. The van der Waals surface area contributed by atoms with Crippen LogP contribution in [0.3, 0.4) is 0 Å². The number of pyridine rings is 1. The average molecular weight is 422 g/mol. The summed E-state index contributed by atoms with van der Waals surface area (Å²) in [5.41, 5.74) is 4.58. The van der Waals surface area contributed by atoms with Crippen molar-refractivity contribution in [1.29, 1.82) is 0 Å². The van der Waals surface area contributed by atoms with Crippen LogP contribution >= 0.6 is 0 Å². The molecule has 0 N–H and O–H groups in total. The fourth-order valence-electron chi connectivity index (χ4n) is 4.30. The van der Waals surface area contributed by atoms with E-state index < -0.39 is 0 Å². The Morgan fingerprint density at radius 2 is 2.06 bits per heavy atom. The van der Waals surface area contributed by atoms with Crippen LogP contribution in [0.2, 0.25) is 0 Å². The van der Waals surface area contributed by atoms with E-state index >= 15 is 0 Å². The SMILES string of the molecule is COC(=O)c1ccnc2c1CC(c1nn(CCN3CCOCC3)c3ccc(F)cc13)=C2. The molecule has 2 aromatic heterocycles. The molecular formula is C23H23FN4O3. The number of ether oxygens (including phenoxy) is 2. The van der Waals surface area contributed by atoms with Gasteiger partial charge in [-0.25, -0.2) is 9.18 Å². The summed E-state index contributed by atoms with van der Waals surface area (Å²) < 4.78 is 26.4. The molecule has 1 fully saturated rings. The molecule has 31 heavy (non-hydrogen) atoms. The molecule has 1 aliphatic heterocycles. The van der Waals surface area contributed by atoms with E-state index in [-0.39, 0.29) is 11.8 Å². The average Bonchev–Trinajstić information content (AvgIpc) is 3.38. The summed E-state index contributed by atoms with van der Waals surface area (Å²) in [4.78, 5) is 18.9. The molecule has 3 heterocycles. The summed E-state index contributed by atoms with van der Waals surface area (Å²) >= 11 is 0. The van der Waals surface area contributed by atoms with Crippen LogP contribution in [-0.4, -0.2) is 65.6 Å². The third kappa shape index (κ3) is 3.73. The number of hydrogen-bond donors (Lipinski definition) is 0. The number of morpholine rings is 1. The highest BCUT2D eigenvalue weighted by Crippen LogP contribution is 2.35. The highest BCUT2D eigenvalue weighted by Gasteiger charge is 2.25. The quantitative estimate of drug-likeness (QED) is 0.589. The van der Waals surface area contributed by atoms with Crippen LogP contribution in [0.5, 0.6) is 0 Å². The van der Waals surface area contributed by atoms with Gasteiger partial charge in [0.2, 0.25) is 0 Å². The van der Waals surface area contributed by atoms with Gasteiger partial charge >= 0.3 is 5.97 Å². The number of methoxy groups -OCH3 is 1. The first-order valence-electron chi connectivity index (χ1n) is 10.4. The second-order valence-corrected chi connectivity index (χ2v) is 7.75. The molecule has 0 atom stereocenters. The number of halogens is 1. The van der Waals surface area contributed by atoms with Gasteiger partial charge in [-0.3, -0.25) is 14.6 Å². The molecule has 5 rings (SSSR count). The third-order valence-electron chi connectivity index (χ3n) is 5.92. The summed E-state index contributed by atoms with van der Waals surface area (Å²) in [6.07, 6.45) is 4.03. The van der Waals surface area contributed by atoms with Crippen LogP contribution in [0.15, 0.2) is 30.5 Å². The lowest BCUT2D eigenvalue weighted by molar-refractivity contribution is 0.0361. The van der Waals surface area contributed by atoms with E-state index in [1.807, 2.05) is 10.8 Å². The fraction of sp³-hybridized carbons (Fsp3) is 0.348. The van der Waals surface area contributed by atoms with E-state index in [4.69, 9.17) is 14.6 Å². The van der Waals surface area contributed by atoms with Gasteiger partial charge in [0.1, 0.15) is 5.82 Å². The molecule has 1 saturated heterocycles. The Balaban J connectivity index is 1.48. The molecule has 0 saturated carbocycles. The molecule has 160 valence electrons. The Morgan fingerprint density at radius 3 is 2.87 bits per heavy atom. The number of carbonyl (C=O) groups is 1. The number of carbonyl (C=O) groups excluding carboxylic acids is 1. The van der Waals surface area contributed by atoms with Crippen LogP contribution < -0.4 is 0 Å². The maximum atomic E-state index is 14.1. The normalized spacial score (nSPS) is 16.4. The smallest absolute Gasteiger partial charge is 0.338 e. The monoisotopic (exact) mass is 422 g/mol. The number of esters is 1. The summed E-state index contributed by atoms with van der Waals surface area (Å²) in [6.45, 7) is 4.86. The fourth-order valence-corrected chi connectivity index (χ4v) is 4.30. The van der Waals surface area contributed by atoms with Gasteiger partial charge < -0.3 is 9.47 Å². The topological polar surface area (TPSA) is 69.5 Å². The minimum atomic E-state index is -0.389. The minimum absolute atomic E-state index is 0.300. The maximum Gasteiger partial charge on any atom is 0.338 e. The zero-order valence-corrected chi connectivity index (χ0v) is 17.3. The van der Waals surface area contributed by atoms with Crippen molar-refractivity contribution in [3.63, 3.8) is 0 Å². The number of hydrogen-bond acceptors (Lipinski definition) is 6. The molecule has 3 aromatic rings. The van der Waals surface area contributed by atoms with Crippen LogP contribution in [0.25, 0.3) is 22.6 Å². The van der Waals surface area contributed by atoms with Gasteiger partial charge in [-0.2, -0.15) is 5.10 Å². The predicted octanol–water partition coefficient (Wildman–Crippen LogP) is 2.79. The van der Waals surface area contributed by atoms with Gasteiger partial charge in [0.15, 0.2) is 0 Å². The lowest BCUT2D eigenvalue weighted by Crippen LogP contribution is -2.38. The van der Waals surface area contributed by atoms with E-state index in [0.29, 0.717) is 18.5 Å². The summed E-state index contributed by atoms with van der Waals surface area (Å²) in [5.74, 6) is -0.689. The van der Waals surface area contributed by atoms with Crippen LogP contribution in [0.4, 0.5) is 4.39 Å². The summed E-state index contributed by atoms with van der Waals surface area (Å²) in [7, 11) is 1.37. The number of rotatable bonds is 5. The predicted molar refractivity (Wildman–Crippen MR) is 114 cm³/mol. The molecule has 7 nitrogen and oxygen atoms in total. The number of fused-ring (bicyclic) bond motifs is 2. The molecule has 8 heteroatoms. The largest absolute Gasteiger partial charge is 0.465 e. The van der Waals surface area contributed by atoms with Crippen LogP contribution in [-0.2, 0) is 22.4 Å². The second kappa shape index (κ2) is 8.20. The van der Waals surface area contributed by atoms with Gasteiger partial charge in [0.25, 0.3) is 0 Å². The molecule has 0 bridgehead atoms. The van der Waals surface area contributed by atoms with Gasteiger partial charge in [-0.1, -0.05) is 0 Å². The Morgan fingerprint density at radius 1 is 1.23 bits per heavy atom.